The summed E-state index contributed by atoms with van der Waals surface area (Å²) in [5.41, 5.74) is 0. The van der Waals surface area contributed by atoms with Crippen molar-refractivity contribution in [3.05, 3.63) is 12.2 Å². The Hall–Kier alpha value is -1.43. The Morgan fingerprint density at radius 3 is 3.00 bits per heavy atom. The molecule has 0 saturated carbocycles. The Kier molecular flexibility index (Phi) is 3.19. The van der Waals surface area contributed by atoms with Gasteiger partial charge in [0.25, 0.3) is 0 Å². The van der Waals surface area contributed by atoms with Gasteiger partial charge in [0.15, 0.2) is 0 Å². The maximum absolute atomic E-state index is 11.3. The van der Waals surface area contributed by atoms with Crippen LogP contribution in [0.4, 0.5) is 0 Å². The predicted molar refractivity (Wildman–Crippen MR) is 56.7 cm³/mol. The van der Waals surface area contributed by atoms with Crippen LogP contribution in [0, 0.1) is 0 Å². The molecule has 0 aliphatic carbocycles. The maximum Gasteiger partial charge on any atom is 0.323 e. The lowest BCUT2D eigenvalue weighted by Gasteiger charge is -2.38. The van der Waals surface area contributed by atoms with Crippen LogP contribution in [-0.2, 0) is 23.0 Å². The van der Waals surface area contributed by atoms with E-state index in [1.165, 1.54) is 7.11 Å². The third-order valence-electron chi connectivity index (χ3n) is 3.03. The van der Waals surface area contributed by atoms with Crippen molar-refractivity contribution in [2.45, 2.75) is 18.9 Å². The van der Waals surface area contributed by atoms with Gasteiger partial charge in [-0.15, -0.1) is 10.2 Å². The molecule has 1 aromatic heterocycles. The van der Waals surface area contributed by atoms with Crippen LogP contribution in [-0.4, -0.2) is 51.9 Å². The number of carbonyl (C=O) groups excluding carboxylic acids is 1. The van der Waals surface area contributed by atoms with Crippen LogP contribution < -0.4 is 0 Å². The van der Waals surface area contributed by atoms with Crippen molar-refractivity contribution in [1.82, 2.24) is 19.7 Å². The smallest absolute Gasteiger partial charge is 0.323 e. The van der Waals surface area contributed by atoms with Crippen LogP contribution in [0.5, 0.6) is 0 Å². The summed E-state index contributed by atoms with van der Waals surface area (Å²) in [6, 6.07) is -0.0572. The minimum Gasteiger partial charge on any atom is -0.468 e. The van der Waals surface area contributed by atoms with Gasteiger partial charge in [-0.3, -0.25) is 9.69 Å². The maximum atomic E-state index is 11.3. The van der Waals surface area contributed by atoms with Crippen molar-refractivity contribution in [3.8, 4) is 0 Å². The van der Waals surface area contributed by atoms with Crippen molar-refractivity contribution in [2.24, 2.45) is 7.05 Å². The van der Waals surface area contributed by atoms with E-state index in [0.29, 0.717) is 0 Å². The van der Waals surface area contributed by atoms with E-state index in [0.717, 1.165) is 31.8 Å². The molecule has 0 N–H and O–H groups in total. The van der Waals surface area contributed by atoms with Crippen LogP contribution >= 0.6 is 0 Å². The molecule has 1 atom stereocenters. The summed E-state index contributed by atoms with van der Waals surface area (Å²) in [6.45, 7) is 1.78. The molecule has 2 heterocycles. The van der Waals surface area contributed by atoms with Gasteiger partial charge in [-0.1, -0.05) is 0 Å². The Balaban J connectivity index is 1.83. The number of likely N-dealkylation sites (tertiary alicyclic amines) is 1. The van der Waals surface area contributed by atoms with E-state index in [1.54, 1.807) is 6.33 Å². The van der Waals surface area contributed by atoms with Crippen molar-refractivity contribution in [2.75, 3.05) is 20.2 Å². The number of aromatic nitrogens is 3. The Morgan fingerprint density at radius 2 is 2.50 bits per heavy atom. The lowest BCUT2D eigenvalue weighted by molar-refractivity contribution is -0.151. The molecule has 1 saturated heterocycles. The number of nitrogens with zero attached hydrogens (tertiary/aromatic N) is 4. The second kappa shape index (κ2) is 4.61. The minimum absolute atomic E-state index is 0.0572. The molecule has 6 nitrogen and oxygen atoms in total. The number of hydrogen-bond acceptors (Lipinski definition) is 5. The van der Waals surface area contributed by atoms with Crippen molar-refractivity contribution in [1.29, 1.82) is 0 Å². The summed E-state index contributed by atoms with van der Waals surface area (Å²) >= 11 is 0. The number of hydrogen-bond donors (Lipinski definition) is 0. The predicted octanol–water partition coefficient (Wildman–Crippen LogP) is -0.395. The van der Waals surface area contributed by atoms with E-state index in [1.807, 2.05) is 11.6 Å². The number of carbonyl (C=O) groups is 1. The standard InChI is InChI=1S/C10H16N4O2/c1-13-7-11-12-9(13)4-6-14-5-3-8(14)10(15)16-2/h7-8H,3-6H2,1-2H3. The van der Waals surface area contributed by atoms with Crippen LogP contribution in [0.1, 0.15) is 12.2 Å². The van der Waals surface area contributed by atoms with Gasteiger partial charge < -0.3 is 9.30 Å². The first kappa shape index (κ1) is 11.1. The first-order valence-corrected chi connectivity index (χ1v) is 5.37. The van der Waals surface area contributed by atoms with Crippen LogP contribution in [0.15, 0.2) is 6.33 Å². The minimum atomic E-state index is -0.135. The average Bonchev–Trinajstić information content (AvgIpc) is 2.63. The van der Waals surface area contributed by atoms with E-state index in [4.69, 9.17) is 4.74 Å². The van der Waals surface area contributed by atoms with Gasteiger partial charge in [-0.25, -0.2) is 0 Å². The molecule has 1 aliphatic heterocycles. The Labute approximate surface area is 94.2 Å². The molecule has 1 aromatic rings. The van der Waals surface area contributed by atoms with Gasteiger partial charge in [0.1, 0.15) is 18.2 Å². The molecule has 0 amide bonds. The largest absolute Gasteiger partial charge is 0.468 e. The van der Waals surface area contributed by atoms with E-state index >= 15 is 0 Å². The highest BCUT2D eigenvalue weighted by Gasteiger charge is 2.34. The molecule has 1 aliphatic rings. The molecule has 2 rings (SSSR count). The fraction of sp³-hybridized carbons (Fsp3) is 0.700. The summed E-state index contributed by atoms with van der Waals surface area (Å²) in [7, 11) is 3.35. The summed E-state index contributed by atoms with van der Waals surface area (Å²) in [5.74, 6) is 0.805. The number of aryl methyl sites for hydroxylation is 1. The van der Waals surface area contributed by atoms with Crippen molar-refractivity contribution < 1.29 is 9.53 Å². The molecule has 1 unspecified atom stereocenters. The molecular formula is C10H16N4O2. The first-order valence-electron chi connectivity index (χ1n) is 5.37. The van der Waals surface area contributed by atoms with Gasteiger partial charge >= 0.3 is 5.97 Å². The zero-order chi connectivity index (χ0) is 11.5. The lowest BCUT2D eigenvalue weighted by atomic mass is 10.0. The molecule has 0 spiro atoms. The molecule has 6 heteroatoms. The van der Waals surface area contributed by atoms with E-state index in [-0.39, 0.29) is 12.0 Å². The SMILES string of the molecule is COC(=O)C1CCN1CCc1nncn1C. The van der Waals surface area contributed by atoms with Gasteiger partial charge in [-0.2, -0.15) is 0 Å². The molecule has 0 aromatic carbocycles. The van der Waals surface area contributed by atoms with Gasteiger partial charge in [-0.05, 0) is 6.42 Å². The van der Waals surface area contributed by atoms with Crippen LogP contribution in [0.3, 0.4) is 0 Å². The van der Waals surface area contributed by atoms with Crippen molar-refractivity contribution >= 4 is 5.97 Å². The molecule has 88 valence electrons. The fourth-order valence-corrected chi connectivity index (χ4v) is 1.89. The quantitative estimate of drug-likeness (QED) is 0.652. The van der Waals surface area contributed by atoms with E-state index < -0.39 is 0 Å². The van der Waals surface area contributed by atoms with Crippen LogP contribution in [0.25, 0.3) is 0 Å². The normalized spacial score (nSPS) is 20.5. The molecule has 0 radical (unpaired) electrons. The zero-order valence-electron chi connectivity index (χ0n) is 9.59. The molecular weight excluding hydrogens is 208 g/mol. The van der Waals surface area contributed by atoms with E-state index in [2.05, 4.69) is 15.1 Å². The second-order valence-electron chi connectivity index (χ2n) is 3.97. The molecule has 1 fully saturated rings. The Morgan fingerprint density at radius 1 is 1.69 bits per heavy atom. The number of methoxy groups -OCH3 is 1. The van der Waals surface area contributed by atoms with Gasteiger partial charge in [0.05, 0.1) is 7.11 Å². The third kappa shape index (κ3) is 2.06. The van der Waals surface area contributed by atoms with Crippen LogP contribution in [0.2, 0.25) is 0 Å². The molecule has 0 bridgehead atoms. The van der Waals surface area contributed by atoms with E-state index in [9.17, 15) is 4.79 Å². The third-order valence-corrected chi connectivity index (χ3v) is 3.03. The summed E-state index contributed by atoms with van der Waals surface area (Å²) in [4.78, 5) is 13.4. The summed E-state index contributed by atoms with van der Waals surface area (Å²) in [5, 5.41) is 7.82. The monoisotopic (exact) mass is 224 g/mol. The van der Waals surface area contributed by atoms with Gasteiger partial charge in [0.2, 0.25) is 0 Å². The topological polar surface area (TPSA) is 60.2 Å². The summed E-state index contributed by atoms with van der Waals surface area (Å²) < 4.78 is 6.63. The lowest BCUT2D eigenvalue weighted by Crippen LogP contribution is -2.53. The number of ether oxygens (including phenoxy) is 1. The second-order valence-corrected chi connectivity index (χ2v) is 3.97. The number of rotatable bonds is 4. The van der Waals surface area contributed by atoms with Crippen molar-refractivity contribution in [3.63, 3.8) is 0 Å². The Bertz CT molecular complexity index is 377. The highest BCUT2D eigenvalue weighted by atomic mass is 16.5. The average molecular weight is 224 g/mol. The number of esters is 1. The fourth-order valence-electron chi connectivity index (χ4n) is 1.89. The zero-order valence-corrected chi connectivity index (χ0v) is 9.59. The highest BCUT2D eigenvalue weighted by molar-refractivity contribution is 5.76. The first-order chi connectivity index (χ1) is 7.72. The van der Waals surface area contributed by atoms with Gasteiger partial charge in [0, 0.05) is 26.6 Å². The molecule has 16 heavy (non-hydrogen) atoms. The summed E-state index contributed by atoms with van der Waals surface area (Å²) in [6.07, 6.45) is 3.39. The highest BCUT2D eigenvalue weighted by Crippen LogP contribution is 2.18.